The molecule has 5 rings (SSSR count). The molecule has 220 valence electrons. The largest absolute Gasteiger partial charge is 0.480 e. The third-order valence-electron chi connectivity index (χ3n) is 6.93. The number of carbonyl (C=O) groups is 3. The highest BCUT2D eigenvalue weighted by atomic mass is 32.1. The lowest BCUT2D eigenvalue weighted by Crippen LogP contribution is -2.51. The number of carboxylic acid groups (broad SMARTS) is 1. The van der Waals surface area contributed by atoms with Crippen LogP contribution in [0, 0.1) is 0 Å². The van der Waals surface area contributed by atoms with Gasteiger partial charge in [0.25, 0.3) is 5.91 Å². The van der Waals surface area contributed by atoms with E-state index in [4.69, 9.17) is 0 Å². The van der Waals surface area contributed by atoms with Crippen molar-refractivity contribution in [2.24, 2.45) is 0 Å². The summed E-state index contributed by atoms with van der Waals surface area (Å²) in [5.74, 6) is -1.54. The van der Waals surface area contributed by atoms with E-state index in [1.807, 2.05) is 54.9 Å². The van der Waals surface area contributed by atoms with Gasteiger partial charge in [0.05, 0.1) is 4.88 Å². The summed E-state index contributed by atoms with van der Waals surface area (Å²) in [6.45, 7) is 7.59. The highest BCUT2D eigenvalue weighted by Crippen LogP contribution is 2.33. The lowest BCUT2D eigenvalue weighted by atomic mass is 9.95. The van der Waals surface area contributed by atoms with Gasteiger partial charge in [-0.3, -0.25) is 14.4 Å². The minimum Gasteiger partial charge on any atom is -0.480 e. The maximum atomic E-state index is 13.1. The van der Waals surface area contributed by atoms with Crippen molar-refractivity contribution in [1.82, 2.24) is 20.6 Å². The number of nitrogens with zero attached hydrogens (tertiary/aromatic N) is 2. The molecule has 5 aromatic rings. The van der Waals surface area contributed by atoms with Gasteiger partial charge in [-0.15, -0.1) is 22.7 Å². The van der Waals surface area contributed by atoms with Crippen molar-refractivity contribution in [2.45, 2.75) is 51.6 Å². The number of fused-ring (bicyclic) bond motifs is 1. The van der Waals surface area contributed by atoms with E-state index >= 15 is 0 Å². The topological polar surface area (TPSA) is 121 Å². The molecule has 3 N–H and O–H groups in total. The number of amides is 2. The van der Waals surface area contributed by atoms with E-state index in [1.165, 1.54) is 28.3 Å². The molecule has 0 bridgehead atoms. The molecule has 3 aromatic heterocycles. The van der Waals surface area contributed by atoms with E-state index in [0.29, 0.717) is 10.7 Å². The molecule has 0 saturated carbocycles. The lowest BCUT2D eigenvalue weighted by Gasteiger charge is -2.20. The SMILES string of the molecule is CC(NC(=O)C(Cc1ccc(-c2ncc(-c3cc4ccccc4s3)cn2)cc1)NC(=O)c1ccc(C(C)(C)C)s1)C(=O)O. The van der Waals surface area contributed by atoms with E-state index < -0.39 is 24.0 Å². The highest BCUT2D eigenvalue weighted by molar-refractivity contribution is 7.22. The Morgan fingerprint density at radius 1 is 0.884 bits per heavy atom. The summed E-state index contributed by atoms with van der Waals surface area (Å²) in [4.78, 5) is 49.3. The van der Waals surface area contributed by atoms with Gasteiger partial charge in [-0.2, -0.15) is 0 Å². The Balaban J connectivity index is 1.31. The van der Waals surface area contributed by atoms with E-state index in [9.17, 15) is 19.5 Å². The fourth-order valence-corrected chi connectivity index (χ4v) is 6.44. The number of carbonyl (C=O) groups excluding carboxylic acids is 2. The van der Waals surface area contributed by atoms with Crippen LogP contribution >= 0.6 is 22.7 Å². The van der Waals surface area contributed by atoms with Crippen LogP contribution in [0.4, 0.5) is 0 Å². The summed E-state index contributed by atoms with van der Waals surface area (Å²) in [5, 5.41) is 15.8. The van der Waals surface area contributed by atoms with Crippen molar-refractivity contribution in [2.75, 3.05) is 0 Å². The zero-order valence-corrected chi connectivity index (χ0v) is 25.9. The normalized spacial score (nSPS) is 12.9. The molecule has 8 nitrogen and oxygen atoms in total. The van der Waals surface area contributed by atoms with E-state index in [-0.39, 0.29) is 17.7 Å². The van der Waals surface area contributed by atoms with Gasteiger partial charge in [-0.25, -0.2) is 9.97 Å². The van der Waals surface area contributed by atoms with Crippen LogP contribution in [0.15, 0.2) is 79.1 Å². The number of aliphatic carboxylic acids is 1. The van der Waals surface area contributed by atoms with Crippen molar-refractivity contribution >= 4 is 50.5 Å². The van der Waals surface area contributed by atoms with Crippen molar-refractivity contribution in [3.05, 3.63) is 94.4 Å². The Bertz CT molecular complexity index is 1740. The zero-order valence-electron chi connectivity index (χ0n) is 24.3. The van der Waals surface area contributed by atoms with Gasteiger partial charge in [-0.1, -0.05) is 63.2 Å². The fraction of sp³-hybridized carbons (Fsp3) is 0.242. The maximum absolute atomic E-state index is 13.1. The molecule has 43 heavy (non-hydrogen) atoms. The van der Waals surface area contributed by atoms with Crippen molar-refractivity contribution in [1.29, 1.82) is 0 Å². The molecular weight excluding hydrogens is 581 g/mol. The summed E-state index contributed by atoms with van der Waals surface area (Å²) >= 11 is 3.07. The highest BCUT2D eigenvalue weighted by Gasteiger charge is 2.26. The van der Waals surface area contributed by atoms with E-state index in [2.05, 4.69) is 59.6 Å². The minimum atomic E-state index is -1.16. The summed E-state index contributed by atoms with van der Waals surface area (Å²) in [6, 6.07) is 19.4. The predicted octanol–water partition coefficient (Wildman–Crippen LogP) is 6.31. The van der Waals surface area contributed by atoms with Crippen LogP contribution in [-0.4, -0.2) is 44.9 Å². The maximum Gasteiger partial charge on any atom is 0.325 e. The summed E-state index contributed by atoms with van der Waals surface area (Å²) in [6.07, 6.45) is 3.81. The average molecular weight is 613 g/mol. The Morgan fingerprint density at radius 2 is 1.58 bits per heavy atom. The summed E-state index contributed by atoms with van der Waals surface area (Å²) < 4.78 is 1.21. The van der Waals surface area contributed by atoms with E-state index in [0.717, 1.165) is 26.4 Å². The van der Waals surface area contributed by atoms with Crippen molar-refractivity contribution in [3.63, 3.8) is 0 Å². The Hall–Kier alpha value is -4.41. The molecule has 0 fully saturated rings. The van der Waals surface area contributed by atoms with Gasteiger partial charge in [0.15, 0.2) is 5.82 Å². The lowest BCUT2D eigenvalue weighted by molar-refractivity contribution is -0.141. The van der Waals surface area contributed by atoms with Crippen LogP contribution < -0.4 is 10.6 Å². The molecule has 2 atom stereocenters. The van der Waals surface area contributed by atoms with Gasteiger partial charge < -0.3 is 15.7 Å². The number of benzene rings is 2. The van der Waals surface area contributed by atoms with Gasteiger partial charge >= 0.3 is 5.97 Å². The van der Waals surface area contributed by atoms with Crippen LogP contribution in [0.2, 0.25) is 0 Å². The molecule has 2 aromatic carbocycles. The molecule has 0 aliphatic rings. The van der Waals surface area contributed by atoms with Crippen LogP contribution in [0.5, 0.6) is 0 Å². The van der Waals surface area contributed by atoms with Crippen molar-refractivity contribution in [3.8, 4) is 21.8 Å². The molecule has 0 spiro atoms. The van der Waals surface area contributed by atoms with E-state index in [1.54, 1.807) is 17.4 Å². The minimum absolute atomic E-state index is 0.110. The number of rotatable bonds is 9. The molecule has 2 unspecified atom stereocenters. The Labute approximate surface area is 257 Å². The third kappa shape index (κ3) is 7.15. The monoisotopic (exact) mass is 612 g/mol. The van der Waals surface area contributed by atoms with Crippen molar-refractivity contribution < 1.29 is 19.5 Å². The summed E-state index contributed by atoms with van der Waals surface area (Å²) in [5.41, 5.74) is 2.43. The second-order valence-corrected chi connectivity index (χ2v) is 13.5. The number of thiophene rings is 2. The fourth-order valence-electron chi connectivity index (χ4n) is 4.43. The molecule has 3 heterocycles. The first-order valence-corrected chi connectivity index (χ1v) is 15.5. The Morgan fingerprint density at radius 3 is 2.21 bits per heavy atom. The zero-order chi connectivity index (χ0) is 30.7. The smallest absolute Gasteiger partial charge is 0.325 e. The number of hydrogen-bond acceptors (Lipinski definition) is 7. The first kappa shape index (κ1) is 30.1. The van der Waals surface area contributed by atoms with Gasteiger partial charge in [0, 0.05) is 44.4 Å². The first-order chi connectivity index (χ1) is 20.5. The molecule has 2 amide bonds. The Kier molecular flexibility index (Phi) is 8.70. The second-order valence-electron chi connectivity index (χ2n) is 11.4. The quantitative estimate of drug-likeness (QED) is 0.179. The molecule has 10 heteroatoms. The molecule has 0 radical (unpaired) electrons. The number of aromatic nitrogens is 2. The molecular formula is C33H32N4O4S2. The van der Waals surface area contributed by atoms with Crippen LogP contribution in [0.25, 0.3) is 31.9 Å². The second kappa shape index (κ2) is 12.4. The molecule has 0 aliphatic carbocycles. The molecule has 0 aliphatic heterocycles. The first-order valence-electron chi connectivity index (χ1n) is 13.8. The van der Waals surface area contributed by atoms with Gasteiger partial charge in [0.2, 0.25) is 5.91 Å². The number of nitrogens with one attached hydrogen (secondary N) is 2. The standard InChI is InChI=1S/C33H32N4O4S2/c1-19(32(40)41)36-30(38)24(37-31(39)26-13-14-28(43-26)33(2,3)4)15-20-9-11-21(12-10-20)29-34-17-23(18-35-29)27-16-22-7-5-6-8-25(22)42-27/h5-14,16-19,24H,15H2,1-4H3,(H,36,38)(H,37,39)(H,40,41). The third-order valence-corrected chi connectivity index (χ3v) is 9.61. The van der Waals surface area contributed by atoms with Gasteiger partial charge in [-0.05, 0) is 47.6 Å². The van der Waals surface area contributed by atoms with Crippen LogP contribution in [0.3, 0.4) is 0 Å². The predicted molar refractivity (Wildman–Crippen MR) is 172 cm³/mol. The van der Waals surface area contributed by atoms with Gasteiger partial charge in [0.1, 0.15) is 12.1 Å². The average Bonchev–Trinajstić information content (AvgIpc) is 3.65. The van der Waals surface area contributed by atoms with Crippen LogP contribution in [-0.2, 0) is 21.4 Å². The number of hydrogen-bond donors (Lipinski definition) is 3. The molecule has 0 saturated heterocycles. The number of carboxylic acids is 1. The summed E-state index contributed by atoms with van der Waals surface area (Å²) in [7, 11) is 0. The van der Waals surface area contributed by atoms with Crippen LogP contribution in [0.1, 0.15) is 47.8 Å².